The second kappa shape index (κ2) is 4.55. The van der Waals surface area contributed by atoms with Gasteiger partial charge in [-0.15, -0.1) is 0 Å². The third-order valence-electron chi connectivity index (χ3n) is 2.63. The Morgan fingerprint density at radius 3 is 2.71 bits per heavy atom. The summed E-state index contributed by atoms with van der Waals surface area (Å²) in [6.07, 6.45) is 1.13. The molecular formula is C11H15NO2. The molecular weight excluding hydrogens is 178 g/mol. The van der Waals surface area contributed by atoms with E-state index in [9.17, 15) is 0 Å². The van der Waals surface area contributed by atoms with Crippen molar-refractivity contribution in [3.8, 4) is 0 Å². The van der Waals surface area contributed by atoms with Gasteiger partial charge in [-0.2, -0.15) is 0 Å². The maximum absolute atomic E-state index is 5.34. The lowest BCUT2D eigenvalue weighted by Gasteiger charge is -2.08. The fraction of sp³-hybridized carbons (Fsp3) is 0.455. The van der Waals surface area contributed by atoms with E-state index in [2.05, 4.69) is 29.1 Å². The summed E-state index contributed by atoms with van der Waals surface area (Å²) < 4.78 is 5.34. The molecule has 0 spiro atoms. The lowest BCUT2D eigenvalue weighted by Crippen LogP contribution is -2.00. The van der Waals surface area contributed by atoms with E-state index in [-0.39, 0.29) is 0 Å². The number of ether oxygens (including phenoxy) is 1. The number of benzene rings is 1. The van der Waals surface area contributed by atoms with Crippen LogP contribution >= 0.6 is 0 Å². The summed E-state index contributed by atoms with van der Waals surface area (Å²) in [6.45, 7) is 2.21. The van der Waals surface area contributed by atoms with Crippen molar-refractivity contribution in [1.82, 2.24) is 0 Å². The van der Waals surface area contributed by atoms with E-state index < -0.39 is 0 Å². The quantitative estimate of drug-likeness (QED) is 0.741. The van der Waals surface area contributed by atoms with Crippen molar-refractivity contribution in [2.24, 2.45) is 5.90 Å². The highest BCUT2D eigenvalue weighted by atomic mass is 16.6. The predicted octanol–water partition coefficient (Wildman–Crippen LogP) is 1.58. The minimum Gasteiger partial charge on any atom is -0.381 e. The Bertz CT molecular complexity index is 278. The first kappa shape index (κ1) is 9.65. The van der Waals surface area contributed by atoms with E-state index in [4.69, 9.17) is 10.6 Å². The van der Waals surface area contributed by atoms with Crippen LogP contribution in [0.25, 0.3) is 0 Å². The van der Waals surface area contributed by atoms with Crippen LogP contribution in [0.2, 0.25) is 0 Å². The standard InChI is InChI=1S/C11H15NO2/c12-14-7-9-1-3-10(4-2-9)11-5-6-13-8-11/h1-4,11H,5-8,12H2. The number of hydrogen-bond donors (Lipinski definition) is 1. The zero-order chi connectivity index (χ0) is 9.80. The Balaban J connectivity index is 2.05. The van der Waals surface area contributed by atoms with E-state index in [1.807, 2.05) is 0 Å². The van der Waals surface area contributed by atoms with Gasteiger partial charge in [0.25, 0.3) is 0 Å². The second-order valence-corrected chi connectivity index (χ2v) is 3.61. The van der Waals surface area contributed by atoms with Crippen molar-refractivity contribution >= 4 is 0 Å². The minimum atomic E-state index is 0.474. The molecule has 3 nitrogen and oxygen atoms in total. The summed E-state index contributed by atoms with van der Waals surface area (Å²) in [5.41, 5.74) is 2.46. The van der Waals surface area contributed by atoms with Gasteiger partial charge in [-0.05, 0) is 17.5 Å². The maximum atomic E-state index is 5.34. The van der Waals surface area contributed by atoms with Gasteiger partial charge < -0.3 is 4.74 Å². The molecule has 0 radical (unpaired) electrons. The molecule has 1 unspecified atom stereocenters. The Kier molecular flexibility index (Phi) is 3.14. The molecule has 0 amide bonds. The van der Waals surface area contributed by atoms with Crippen LogP contribution < -0.4 is 5.90 Å². The van der Waals surface area contributed by atoms with Crippen molar-refractivity contribution in [1.29, 1.82) is 0 Å². The molecule has 14 heavy (non-hydrogen) atoms. The van der Waals surface area contributed by atoms with Crippen LogP contribution in [-0.2, 0) is 16.2 Å². The molecule has 2 rings (SSSR count). The molecule has 0 aromatic heterocycles. The first-order chi connectivity index (χ1) is 6.90. The van der Waals surface area contributed by atoms with Crippen LogP contribution in [0.4, 0.5) is 0 Å². The van der Waals surface area contributed by atoms with Gasteiger partial charge in [-0.3, -0.25) is 4.84 Å². The van der Waals surface area contributed by atoms with Gasteiger partial charge >= 0.3 is 0 Å². The average Bonchev–Trinajstić information content (AvgIpc) is 2.72. The van der Waals surface area contributed by atoms with Crippen LogP contribution in [-0.4, -0.2) is 13.2 Å². The van der Waals surface area contributed by atoms with Crippen LogP contribution in [0, 0.1) is 0 Å². The van der Waals surface area contributed by atoms with Crippen LogP contribution in [0.1, 0.15) is 23.5 Å². The molecule has 1 aromatic carbocycles. The van der Waals surface area contributed by atoms with Crippen LogP contribution in [0.5, 0.6) is 0 Å². The smallest absolute Gasteiger partial charge is 0.0930 e. The summed E-state index contributed by atoms with van der Waals surface area (Å²) in [6, 6.07) is 8.38. The normalized spacial score (nSPS) is 21.4. The van der Waals surface area contributed by atoms with Crippen molar-refractivity contribution in [2.75, 3.05) is 13.2 Å². The van der Waals surface area contributed by atoms with Crippen LogP contribution in [0.3, 0.4) is 0 Å². The zero-order valence-electron chi connectivity index (χ0n) is 8.11. The Morgan fingerprint density at radius 1 is 1.36 bits per heavy atom. The summed E-state index contributed by atoms with van der Waals surface area (Å²) in [7, 11) is 0. The van der Waals surface area contributed by atoms with E-state index in [0.29, 0.717) is 12.5 Å². The lowest BCUT2D eigenvalue weighted by molar-refractivity contribution is 0.124. The third-order valence-corrected chi connectivity index (χ3v) is 2.63. The van der Waals surface area contributed by atoms with Gasteiger partial charge in [0.2, 0.25) is 0 Å². The molecule has 1 heterocycles. The largest absolute Gasteiger partial charge is 0.381 e. The SMILES string of the molecule is NOCc1ccc(C2CCOC2)cc1. The van der Waals surface area contributed by atoms with E-state index >= 15 is 0 Å². The van der Waals surface area contributed by atoms with Gasteiger partial charge in [0, 0.05) is 12.5 Å². The summed E-state index contributed by atoms with van der Waals surface area (Å²) in [4.78, 5) is 4.57. The van der Waals surface area contributed by atoms with Crippen LogP contribution in [0.15, 0.2) is 24.3 Å². The van der Waals surface area contributed by atoms with Gasteiger partial charge in [-0.25, -0.2) is 5.90 Å². The van der Waals surface area contributed by atoms with Crippen molar-refractivity contribution in [3.63, 3.8) is 0 Å². The predicted molar refractivity (Wildman–Crippen MR) is 53.6 cm³/mol. The maximum Gasteiger partial charge on any atom is 0.0930 e. The zero-order valence-corrected chi connectivity index (χ0v) is 8.11. The molecule has 1 atom stereocenters. The Morgan fingerprint density at radius 2 is 2.14 bits per heavy atom. The molecule has 1 aliphatic rings. The molecule has 0 aliphatic carbocycles. The minimum absolute atomic E-state index is 0.474. The molecule has 2 N–H and O–H groups in total. The van der Waals surface area contributed by atoms with Gasteiger partial charge in [0.1, 0.15) is 0 Å². The van der Waals surface area contributed by atoms with Gasteiger partial charge in [0.05, 0.1) is 13.2 Å². The van der Waals surface area contributed by atoms with E-state index in [1.54, 1.807) is 0 Å². The lowest BCUT2D eigenvalue weighted by atomic mass is 9.98. The van der Waals surface area contributed by atoms with E-state index in [0.717, 1.165) is 25.2 Å². The third kappa shape index (κ3) is 2.12. The molecule has 0 saturated carbocycles. The summed E-state index contributed by atoms with van der Waals surface area (Å²) >= 11 is 0. The molecule has 1 aromatic rings. The molecule has 0 bridgehead atoms. The topological polar surface area (TPSA) is 44.5 Å². The summed E-state index contributed by atoms with van der Waals surface area (Å²) in [5, 5.41) is 0. The first-order valence-electron chi connectivity index (χ1n) is 4.88. The van der Waals surface area contributed by atoms with E-state index in [1.165, 1.54) is 5.56 Å². The molecule has 1 aliphatic heterocycles. The van der Waals surface area contributed by atoms with Crippen molar-refractivity contribution in [3.05, 3.63) is 35.4 Å². The van der Waals surface area contributed by atoms with Crippen molar-refractivity contribution < 1.29 is 9.57 Å². The number of rotatable bonds is 3. The first-order valence-corrected chi connectivity index (χ1v) is 4.88. The fourth-order valence-corrected chi connectivity index (χ4v) is 1.78. The Hall–Kier alpha value is -0.900. The number of hydrogen-bond acceptors (Lipinski definition) is 3. The summed E-state index contributed by atoms with van der Waals surface area (Å²) in [5.74, 6) is 5.57. The highest BCUT2D eigenvalue weighted by Gasteiger charge is 2.17. The van der Waals surface area contributed by atoms with Crippen molar-refractivity contribution in [2.45, 2.75) is 18.9 Å². The monoisotopic (exact) mass is 193 g/mol. The fourth-order valence-electron chi connectivity index (χ4n) is 1.78. The van der Waals surface area contributed by atoms with Gasteiger partial charge in [0.15, 0.2) is 0 Å². The second-order valence-electron chi connectivity index (χ2n) is 3.61. The molecule has 3 heteroatoms. The molecule has 1 saturated heterocycles. The average molecular weight is 193 g/mol. The highest BCUT2D eigenvalue weighted by molar-refractivity contribution is 5.25. The Labute approximate surface area is 83.8 Å². The molecule has 76 valence electrons. The highest BCUT2D eigenvalue weighted by Crippen LogP contribution is 2.25. The molecule has 1 fully saturated rings. The number of nitrogens with two attached hydrogens (primary N) is 1. The van der Waals surface area contributed by atoms with Gasteiger partial charge in [-0.1, -0.05) is 24.3 Å².